The molecule has 0 aromatic carbocycles. The number of rotatable bonds is 5. The molecule has 0 bridgehead atoms. The first-order valence-corrected chi connectivity index (χ1v) is 7.98. The molecule has 4 nitrogen and oxygen atoms in total. The maximum Gasteiger partial charge on any atom is 0.226 e. The van der Waals surface area contributed by atoms with Crippen LogP contribution in [0.4, 0.5) is 5.13 Å². The molecule has 1 aromatic heterocycles. The smallest absolute Gasteiger partial charge is 0.226 e. The minimum atomic E-state index is 0.0501. The maximum absolute atomic E-state index is 11.7. The summed E-state index contributed by atoms with van der Waals surface area (Å²) in [5.74, 6) is 1.69. The van der Waals surface area contributed by atoms with Crippen molar-refractivity contribution in [2.24, 2.45) is 11.8 Å². The van der Waals surface area contributed by atoms with E-state index in [9.17, 15) is 4.79 Å². The number of hydrogen-bond donors (Lipinski definition) is 2. The molecule has 0 radical (unpaired) electrons. The molecule has 0 spiro atoms. The van der Waals surface area contributed by atoms with Gasteiger partial charge in [0.25, 0.3) is 0 Å². The van der Waals surface area contributed by atoms with Gasteiger partial charge in [0.1, 0.15) is 0 Å². The van der Waals surface area contributed by atoms with Crippen LogP contribution >= 0.6 is 11.3 Å². The Bertz CT molecular complexity index is 419. The monoisotopic (exact) mass is 281 g/mol. The highest BCUT2D eigenvalue weighted by atomic mass is 32.1. The van der Waals surface area contributed by atoms with E-state index in [4.69, 9.17) is 5.73 Å². The predicted octanol–water partition coefficient (Wildman–Crippen LogP) is 2.60. The summed E-state index contributed by atoms with van der Waals surface area (Å²) in [5, 5.41) is 5.36. The number of anilines is 1. The zero-order chi connectivity index (χ0) is 13.7. The number of hydrogen-bond acceptors (Lipinski definition) is 4. The first-order chi connectivity index (χ1) is 9.13. The molecule has 19 heavy (non-hydrogen) atoms. The Balaban J connectivity index is 1.63. The molecule has 106 valence electrons. The van der Waals surface area contributed by atoms with Gasteiger partial charge in [-0.1, -0.05) is 26.2 Å². The van der Waals surface area contributed by atoms with Crippen LogP contribution in [0.15, 0.2) is 5.38 Å². The fraction of sp³-hybridized carbons (Fsp3) is 0.714. The summed E-state index contributed by atoms with van der Waals surface area (Å²) < 4.78 is 0. The van der Waals surface area contributed by atoms with Crippen molar-refractivity contribution < 1.29 is 4.79 Å². The Kier molecular flexibility index (Phi) is 5.19. The third kappa shape index (κ3) is 4.82. The summed E-state index contributed by atoms with van der Waals surface area (Å²) in [6.45, 7) is 3.12. The van der Waals surface area contributed by atoms with E-state index in [1.165, 1.54) is 37.0 Å². The highest BCUT2D eigenvalue weighted by molar-refractivity contribution is 7.13. The average molecular weight is 281 g/mol. The number of carbonyl (C=O) groups excluding carboxylic acids is 1. The van der Waals surface area contributed by atoms with Crippen LogP contribution in [-0.2, 0) is 11.2 Å². The lowest BCUT2D eigenvalue weighted by molar-refractivity contribution is -0.120. The molecule has 3 N–H and O–H groups in total. The van der Waals surface area contributed by atoms with Crippen molar-refractivity contribution in [1.82, 2.24) is 10.3 Å². The molecule has 1 heterocycles. The van der Waals surface area contributed by atoms with Gasteiger partial charge in [0.15, 0.2) is 5.13 Å². The largest absolute Gasteiger partial charge is 0.375 e. The summed E-state index contributed by atoms with van der Waals surface area (Å²) >= 11 is 1.38. The lowest BCUT2D eigenvalue weighted by Crippen LogP contribution is -2.28. The van der Waals surface area contributed by atoms with Gasteiger partial charge in [-0.3, -0.25) is 4.79 Å². The number of thiazole rings is 1. The van der Waals surface area contributed by atoms with Crippen LogP contribution in [0.5, 0.6) is 0 Å². The topological polar surface area (TPSA) is 68.0 Å². The Hall–Kier alpha value is -1.10. The quantitative estimate of drug-likeness (QED) is 0.871. The van der Waals surface area contributed by atoms with Crippen LogP contribution in [-0.4, -0.2) is 17.4 Å². The van der Waals surface area contributed by atoms with E-state index in [-0.39, 0.29) is 5.91 Å². The van der Waals surface area contributed by atoms with E-state index < -0.39 is 0 Å². The average Bonchev–Trinajstić information content (AvgIpc) is 2.75. The molecule has 1 aliphatic carbocycles. The number of nitrogen functional groups attached to an aromatic ring is 1. The SMILES string of the molecule is CC1CCCC(CCNC(=O)Cc2csc(N)n2)C1. The summed E-state index contributed by atoms with van der Waals surface area (Å²) in [7, 11) is 0. The number of carbonyl (C=O) groups is 1. The van der Waals surface area contributed by atoms with Crippen molar-refractivity contribution in [3.63, 3.8) is 0 Å². The van der Waals surface area contributed by atoms with Crippen molar-refractivity contribution in [3.05, 3.63) is 11.1 Å². The van der Waals surface area contributed by atoms with Crippen LogP contribution in [0.25, 0.3) is 0 Å². The highest BCUT2D eigenvalue weighted by Gasteiger charge is 2.18. The summed E-state index contributed by atoms with van der Waals surface area (Å²) in [5.41, 5.74) is 6.31. The molecule has 1 fully saturated rings. The summed E-state index contributed by atoms with van der Waals surface area (Å²) in [6.07, 6.45) is 6.80. The number of nitrogens with zero attached hydrogens (tertiary/aromatic N) is 1. The highest BCUT2D eigenvalue weighted by Crippen LogP contribution is 2.30. The number of nitrogens with two attached hydrogens (primary N) is 1. The molecular formula is C14H23N3OS. The van der Waals surface area contributed by atoms with Crippen molar-refractivity contribution >= 4 is 22.4 Å². The number of aromatic nitrogens is 1. The van der Waals surface area contributed by atoms with E-state index >= 15 is 0 Å². The normalized spacial score (nSPS) is 23.2. The van der Waals surface area contributed by atoms with Crippen LogP contribution < -0.4 is 11.1 Å². The molecule has 2 rings (SSSR count). The van der Waals surface area contributed by atoms with Gasteiger partial charge >= 0.3 is 0 Å². The molecule has 1 aliphatic rings. The van der Waals surface area contributed by atoms with E-state index in [0.717, 1.165) is 30.5 Å². The standard InChI is InChI=1S/C14H23N3OS/c1-10-3-2-4-11(7-10)5-6-16-13(18)8-12-9-19-14(15)17-12/h9-11H,2-8H2,1H3,(H2,15,17)(H,16,18). The second-order valence-electron chi connectivity index (χ2n) is 5.63. The van der Waals surface area contributed by atoms with Gasteiger partial charge < -0.3 is 11.1 Å². The van der Waals surface area contributed by atoms with Gasteiger partial charge in [-0.2, -0.15) is 0 Å². The Labute approximate surface area is 118 Å². The molecule has 1 saturated carbocycles. The number of nitrogens with one attached hydrogen (secondary N) is 1. The van der Waals surface area contributed by atoms with Crippen LogP contribution in [0.3, 0.4) is 0 Å². The minimum absolute atomic E-state index is 0.0501. The van der Waals surface area contributed by atoms with Crippen molar-refractivity contribution in [3.8, 4) is 0 Å². The van der Waals surface area contributed by atoms with E-state index in [1.807, 2.05) is 5.38 Å². The van der Waals surface area contributed by atoms with E-state index in [2.05, 4.69) is 17.2 Å². The molecule has 1 amide bonds. The molecule has 2 unspecified atom stereocenters. The first-order valence-electron chi connectivity index (χ1n) is 7.10. The second-order valence-corrected chi connectivity index (χ2v) is 6.52. The fourth-order valence-corrected chi connectivity index (χ4v) is 3.43. The zero-order valence-corrected chi connectivity index (χ0v) is 12.3. The Morgan fingerprint density at radius 3 is 3.11 bits per heavy atom. The molecule has 2 atom stereocenters. The van der Waals surface area contributed by atoms with Crippen LogP contribution in [0, 0.1) is 11.8 Å². The molecule has 0 saturated heterocycles. The third-order valence-corrected chi connectivity index (χ3v) is 4.55. The second kappa shape index (κ2) is 6.89. The Morgan fingerprint density at radius 1 is 1.58 bits per heavy atom. The summed E-state index contributed by atoms with van der Waals surface area (Å²) in [4.78, 5) is 15.8. The summed E-state index contributed by atoms with van der Waals surface area (Å²) in [6, 6.07) is 0. The van der Waals surface area contributed by atoms with Crippen LogP contribution in [0.2, 0.25) is 0 Å². The van der Waals surface area contributed by atoms with Gasteiger partial charge in [0, 0.05) is 11.9 Å². The maximum atomic E-state index is 11.7. The van der Waals surface area contributed by atoms with Gasteiger partial charge in [0.05, 0.1) is 12.1 Å². The third-order valence-electron chi connectivity index (χ3n) is 3.83. The van der Waals surface area contributed by atoms with Gasteiger partial charge in [-0.15, -0.1) is 11.3 Å². The van der Waals surface area contributed by atoms with Crippen molar-refractivity contribution in [2.75, 3.05) is 12.3 Å². The van der Waals surface area contributed by atoms with E-state index in [1.54, 1.807) is 0 Å². The van der Waals surface area contributed by atoms with Gasteiger partial charge in [-0.25, -0.2) is 4.98 Å². The van der Waals surface area contributed by atoms with E-state index in [0.29, 0.717) is 11.6 Å². The van der Waals surface area contributed by atoms with Gasteiger partial charge in [-0.05, 0) is 24.7 Å². The molecule has 0 aliphatic heterocycles. The lowest BCUT2D eigenvalue weighted by atomic mass is 9.81. The molecular weight excluding hydrogens is 258 g/mol. The van der Waals surface area contributed by atoms with Gasteiger partial charge in [0.2, 0.25) is 5.91 Å². The predicted molar refractivity (Wildman–Crippen MR) is 79.0 cm³/mol. The zero-order valence-electron chi connectivity index (χ0n) is 11.5. The first kappa shape index (κ1) is 14.3. The molecule has 5 heteroatoms. The lowest BCUT2D eigenvalue weighted by Gasteiger charge is -2.26. The Morgan fingerprint density at radius 2 is 2.42 bits per heavy atom. The number of amides is 1. The van der Waals surface area contributed by atoms with Crippen molar-refractivity contribution in [1.29, 1.82) is 0 Å². The molecule has 1 aromatic rings. The van der Waals surface area contributed by atoms with Crippen LogP contribution in [0.1, 0.15) is 44.7 Å². The van der Waals surface area contributed by atoms with Crippen molar-refractivity contribution in [2.45, 2.75) is 45.4 Å². The minimum Gasteiger partial charge on any atom is -0.375 e. The fourth-order valence-electron chi connectivity index (χ4n) is 2.87.